The molecule has 1 unspecified atom stereocenters. The number of hydrogen-bond donors (Lipinski definition) is 2. The van der Waals surface area contributed by atoms with Gasteiger partial charge in [-0.2, -0.15) is 4.90 Å². The topological polar surface area (TPSA) is 137 Å². The van der Waals surface area contributed by atoms with Crippen molar-refractivity contribution >= 4 is 40.4 Å². The van der Waals surface area contributed by atoms with Gasteiger partial charge < -0.3 is 29.4 Å². The van der Waals surface area contributed by atoms with Crippen LogP contribution >= 0.6 is 0 Å². The smallest absolute Gasteiger partial charge is 0.425 e. The number of anilines is 2. The Balaban J connectivity index is 2.04. The molecule has 2 amide bonds. The summed E-state index contributed by atoms with van der Waals surface area (Å²) in [4.78, 5) is 43.8. The van der Waals surface area contributed by atoms with Crippen molar-refractivity contribution < 1.29 is 38.4 Å². The van der Waals surface area contributed by atoms with Gasteiger partial charge >= 0.3 is 18.2 Å². The molecule has 0 spiro atoms. The molecule has 0 fully saturated rings. The number of aromatic nitrogens is 1. The van der Waals surface area contributed by atoms with Gasteiger partial charge in [0.1, 0.15) is 22.7 Å². The molecule has 11 heteroatoms. The van der Waals surface area contributed by atoms with Crippen molar-refractivity contribution in [3.8, 4) is 11.5 Å². The number of hydrogen-bond acceptors (Lipinski definition) is 9. The normalized spacial score (nSPS) is 12.3. The number of carbonyl (C=O) groups excluding carboxylic acids is 2. The Morgan fingerprint density at radius 1 is 0.857 bits per heavy atom. The predicted octanol–water partition coefficient (Wildman–Crippen LogP) is 6.95. The fourth-order valence-electron chi connectivity index (χ4n) is 4.01. The Morgan fingerprint density at radius 3 is 1.88 bits per heavy atom. The molecule has 226 valence electrons. The van der Waals surface area contributed by atoms with Crippen molar-refractivity contribution in [3.05, 3.63) is 54.2 Å². The van der Waals surface area contributed by atoms with E-state index in [0.717, 1.165) is 4.90 Å². The highest BCUT2D eigenvalue weighted by molar-refractivity contribution is 6.14. The lowest BCUT2D eigenvalue weighted by molar-refractivity contribution is -0.138. The lowest BCUT2D eigenvalue weighted by Crippen LogP contribution is -2.44. The summed E-state index contributed by atoms with van der Waals surface area (Å²) in [5, 5.41) is 14.2. The highest BCUT2D eigenvalue weighted by Gasteiger charge is 2.34. The molecule has 0 saturated heterocycles. The van der Waals surface area contributed by atoms with Crippen LogP contribution in [0.3, 0.4) is 0 Å². The Labute approximate surface area is 245 Å². The zero-order valence-electron chi connectivity index (χ0n) is 25.3. The van der Waals surface area contributed by atoms with Crippen LogP contribution < -0.4 is 19.7 Å². The van der Waals surface area contributed by atoms with Crippen LogP contribution in [-0.2, 0) is 14.3 Å². The molecule has 11 nitrogen and oxygen atoms in total. The maximum atomic E-state index is 13.2. The molecule has 2 N–H and O–H groups in total. The van der Waals surface area contributed by atoms with Gasteiger partial charge in [-0.15, -0.1) is 0 Å². The number of aliphatic carboxylic acids is 1. The highest BCUT2D eigenvalue weighted by atomic mass is 16.6. The van der Waals surface area contributed by atoms with Crippen molar-refractivity contribution in [2.45, 2.75) is 72.6 Å². The standard InChI is InChI=1S/C31H39N3O8/c1-9-39-22-16-20(17-23(18-22)40-10-2)25(27(35)36)33-21-11-12-24-19(15-21)13-14-32-26(24)34(28(37)41-30(3,4)5)29(38)42-31(6,7)8/h11-18,25,33H,9-10H2,1-8H3,(H,35,36). The van der Waals surface area contributed by atoms with Gasteiger partial charge in [-0.3, -0.25) is 0 Å². The molecule has 0 aliphatic heterocycles. The second-order valence-electron chi connectivity index (χ2n) is 11.4. The van der Waals surface area contributed by atoms with Gasteiger partial charge in [-0.1, -0.05) is 0 Å². The molecule has 0 saturated carbocycles. The van der Waals surface area contributed by atoms with Crippen molar-refractivity contribution in [2.75, 3.05) is 23.4 Å². The van der Waals surface area contributed by atoms with Gasteiger partial charge in [0.2, 0.25) is 0 Å². The van der Waals surface area contributed by atoms with Crippen LogP contribution in [0.5, 0.6) is 11.5 Å². The predicted molar refractivity (Wildman–Crippen MR) is 159 cm³/mol. The maximum Gasteiger partial charge on any atom is 0.425 e. The van der Waals surface area contributed by atoms with Gasteiger partial charge in [0.05, 0.1) is 13.2 Å². The maximum absolute atomic E-state index is 13.2. The Bertz CT molecular complexity index is 1390. The zero-order chi connectivity index (χ0) is 31.2. The quantitative estimate of drug-likeness (QED) is 0.273. The molecule has 1 atom stereocenters. The van der Waals surface area contributed by atoms with E-state index in [9.17, 15) is 19.5 Å². The average molecular weight is 582 g/mol. The summed E-state index contributed by atoms with van der Waals surface area (Å²) in [6.07, 6.45) is -0.439. The minimum Gasteiger partial charge on any atom is -0.494 e. The van der Waals surface area contributed by atoms with E-state index in [0.29, 0.717) is 46.7 Å². The number of rotatable bonds is 9. The third-order valence-corrected chi connectivity index (χ3v) is 5.52. The van der Waals surface area contributed by atoms with Crippen molar-refractivity contribution in [2.24, 2.45) is 0 Å². The summed E-state index contributed by atoms with van der Waals surface area (Å²) < 4.78 is 22.2. The molecule has 42 heavy (non-hydrogen) atoms. The fraction of sp³-hybridized carbons (Fsp3) is 0.419. The van der Waals surface area contributed by atoms with Crippen LogP contribution in [0.15, 0.2) is 48.7 Å². The Hall–Kier alpha value is -4.54. The molecule has 0 radical (unpaired) electrons. The average Bonchev–Trinajstić information content (AvgIpc) is 2.85. The summed E-state index contributed by atoms with van der Waals surface area (Å²) in [7, 11) is 0. The SMILES string of the molecule is CCOc1cc(OCC)cc(C(Nc2ccc3c(N(C(=O)OC(C)(C)C)C(=O)OC(C)(C)C)nccc3c2)C(=O)O)c1. The highest BCUT2D eigenvalue weighted by Crippen LogP contribution is 2.33. The number of amides is 2. The van der Waals surface area contributed by atoms with E-state index in [1.807, 2.05) is 13.8 Å². The van der Waals surface area contributed by atoms with E-state index < -0.39 is 35.4 Å². The third kappa shape index (κ3) is 8.48. The van der Waals surface area contributed by atoms with Gasteiger partial charge in [0, 0.05) is 23.3 Å². The number of carboxylic acids is 1. The van der Waals surface area contributed by atoms with E-state index in [-0.39, 0.29) is 5.82 Å². The van der Waals surface area contributed by atoms with Crippen LogP contribution in [0.4, 0.5) is 21.1 Å². The number of ether oxygens (including phenoxy) is 4. The molecule has 3 rings (SSSR count). The number of pyridine rings is 1. The molecule has 0 aliphatic rings. The molecule has 1 aromatic heterocycles. The van der Waals surface area contributed by atoms with Crippen LogP contribution in [0.1, 0.15) is 67.0 Å². The Morgan fingerprint density at radius 2 is 1.40 bits per heavy atom. The monoisotopic (exact) mass is 581 g/mol. The summed E-state index contributed by atoms with van der Waals surface area (Å²) in [5.74, 6) is -0.110. The van der Waals surface area contributed by atoms with E-state index >= 15 is 0 Å². The molecule has 2 aromatic carbocycles. The van der Waals surface area contributed by atoms with E-state index in [2.05, 4.69) is 10.3 Å². The van der Waals surface area contributed by atoms with Crippen molar-refractivity contribution in [3.63, 3.8) is 0 Å². The van der Waals surface area contributed by atoms with Gasteiger partial charge in [-0.05, 0) is 103 Å². The summed E-state index contributed by atoms with van der Waals surface area (Å²) in [6, 6.07) is 10.6. The number of nitrogens with one attached hydrogen (secondary N) is 1. The first-order valence-electron chi connectivity index (χ1n) is 13.7. The molecular formula is C31H39N3O8. The Kier molecular flexibility index (Phi) is 9.87. The third-order valence-electron chi connectivity index (χ3n) is 5.52. The summed E-state index contributed by atoms with van der Waals surface area (Å²) in [6.45, 7) is 14.6. The van der Waals surface area contributed by atoms with E-state index in [4.69, 9.17) is 18.9 Å². The second kappa shape index (κ2) is 13.0. The molecule has 0 aliphatic carbocycles. The fourth-order valence-corrected chi connectivity index (χ4v) is 4.01. The lowest BCUT2D eigenvalue weighted by Gasteiger charge is -2.28. The molecular weight excluding hydrogens is 542 g/mol. The van der Waals surface area contributed by atoms with Crippen LogP contribution in [0, 0.1) is 0 Å². The second-order valence-corrected chi connectivity index (χ2v) is 11.4. The first-order valence-corrected chi connectivity index (χ1v) is 13.7. The van der Waals surface area contributed by atoms with Gasteiger partial charge in [0.25, 0.3) is 0 Å². The number of imide groups is 1. The number of carboxylic acid groups (broad SMARTS) is 1. The minimum absolute atomic E-state index is 0.0168. The minimum atomic E-state index is -1.14. The number of nitrogens with zero attached hydrogens (tertiary/aromatic N) is 2. The van der Waals surface area contributed by atoms with E-state index in [1.54, 1.807) is 84.0 Å². The van der Waals surface area contributed by atoms with Crippen LogP contribution in [-0.4, -0.2) is 52.7 Å². The number of benzene rings is 2. The summed E-state index contributed by atoms with van der Waals surface area (Å²) >= 11 is 0. The van der Waals surface area contributed by atoms with Crippen molar-refractivity contribution in [1.82, 2.24) is 4.98 Å². The number of fused-ring (bicyclic) bond motifs is 1. The lowest BCUT2D eigenvalue weighted by atomic mass is 10.0. The largest absolute Gasteiger partial charge is 0.494 e. The molecule has 0 bridgehead atoms. The van der Waals surface area contributed by atoms with E-state index in [1.165, 1.54) is 6.20 Å². The van der Waals surface area contributed by atoms with Crippen molar-refractivity contribution in [1.29, 1.82) is 0 Å². The molecule has 3 aromatic rings. The van der Waals surface area contributed by atoms with Gasteiger partial charge in [0.15, 0.2) is 11.9 Å². The summed E-state index contributed by atoms with van der Waals surface area (Å²) in [5.41, 5.74) is -0.847. The molecule has 1 heterocycles. The van der Waals surface area contributed by atoms with Crippen LogP contribution in [0.2, 0.25) is 0 Å². The van der Waals surface area contributed by atoms with Gasteiger partial charge in [-0.25, -0.2) is 19.4 Å². The number of carbonyl (C=O) groups is 3. The first-order chi connectivity index (χ1) is 19.6. The zero-order valence-corrected chi connectivity index (χ0v) is 25.3. The van der Waals surface area contributed by atoms with Crippen LogP contribution in [0.25, 0.3) is 10.8 Å². The first kappa shape index (κ1) is 32.0.